The fourth-order valence-electron chi connectivity index (χ4n) is 3.64. The number of hydrogen-bond donors (Lipinski definition) is 1. The Hall–Kier alpha value is -2.40. The van der Waals surface area contributed by atoms with Crippen molar-refractivity contribution in [3.05, 3.63) is 54.0 Å². The van der Waals surface area contributed by atoms with E-state index >= 15 is 0 Å². The monoisotopic (exact) mass is 336 g/mol. The van der Waals surface area contributed by atoms with Gasteiger partial charge in [0, 0.05) is 35.9 Å². The maximum atomic E-state index is 5.96. The molecule has 0 bridgehead atoms. The molecule has 0 saturated carbocycles. The summed E-state index contributed by atoms with van der Waals surface area (Å²) >= 11 is 0. The smallest absolute Gasteiger partial charge is 0.145 e. The van der Waals surface area contributed by atoms with E-state index in [1.54, 1.807) is 0 Å². The number of ether oxygens (including phenoxy) is 1. The largest absolute Gasteiger partial charge is 0.491 e. The first-order chi connectivity index (χ1) is 12.3. The molecule has 0 spiro atoms. The predicted molar refractivity (Wildman–Crippen MR) is 98.7 cm³/mol. The second-order valence-electron chi connectivity index (χ2n) is 6.60. The average Bonchev–Trinajstić information content (AvgIpc) is 3.03. The number of aryl methyl sites for hydroxylation is 1. The molecule has 25 heavy (non-hydrogen) atoms. The van der Waals surface area contributed by atoms with Crippen molar-refractivity contribution < 1.29 is 4.74 Å². The number of para-hydroxylation sites is 1. The van der Waals surface area contributed by atoms with Crippen LogP contribution in [0.5, 0.6) is 5.75 Å². The number of hydrogen-bond acceptors (Lipinski definition) is 4. The lowest BCUT2D eigenvalue weighted by Crippen LogP contribution is -2.27. The minimum absolute atomic E-state index is 0.427. The van der Waals surface area contributed by atoms with E-state index in [-0.39, 0.29) is 0 Å². The van der Waals surface area contributed by atoms with E-state index in [4.69, 9.17) is 4.74 Å². The lowest BCUT2D eigenvalue weighted by molar-refractivity contribution is 0.305. The van der Waals surface area contributed by atoms with Gasteiger partial charge < -0.3 is 10.1 Å². The molecule has 0 saturated heterocycles. The van der Waals surface area contributed by atoms with E-state index in [0.717, 1.165) is 36.0 Å². The first-order valence-electron chi connectivity index (χ1n) is 9.03. The van der Waals surface area contributed by atoms with Crippen molar-refractivity contribution >= 4 is 10.9 Å². The van der Waals surface area contributed by atoms with Crippen molar-refractivity contribution in [2.24, 2.45) is 7.05 Å². The fourth-order valence-corrected chi connectivity index (χ4v) is 3.64. The molecule has 2 aromatic heterocycles. The molecule has 4 rings (SSSR count). The number of rotatable bonds is 6. The molecule has 3 aromatic rings. The van der Waals surface area contributed by atoms with Crippen LogP contribution in [0, 0.1) is 0 Å². The van der Waals surface area contributed by atoms with Crippen LogP contribution < -0.4 is 10.1 Å². The van der Waals surface area contributed by atoms with Crippen LogP contribution in [-0.2, 0) is 13.5 Å². The first kappa shape index (κ1) is 16.1. The molecular weight excluding hydrogens is 312 g/mol. The van der Waals surface area contributed by atoms with E-state index in [2.05, 4.69) is 27.5 Å². The van der Waals surface area contributed by atoms with Crippen molar-refractivity contribution in [1.82, 2.24) is 20.1 Å². The summed E-state index contributed by atoms with van der Waals surface area (Å²) in [7, 11) is 2.03. The Kier molecular flexibility index (Phi) is 4.65. The first-order valence-corrected chi connectivity index (χ1v) is 9.03. The third-order valence-corrected chi connectivity index (χ3v) is 4.94. The lowest BCUT2D eigenvalue weighted by atomic mass is 9.93. The molecule has 5 nitrogen and oxygen atoms in total. The van der Waals surface area contributed by atoms with Gasteiger partial charge in [-0.3, -0.25) is 9.67 Å². The van der Waals surface area contributed by atoms with Gasteiger partial charge in [-0.2, -0.15) is 5.10 Å². The van der Waals surface area contributed by atoms with Crippen molar-refractivity contribution in [3.8, 4) is 5.75 Å². The van der Waals surface area contributed by atoms with E-state index in [9.17, 15) is 0 Å². The molecule has 1 aliphatic rings. The molecule has 0 aliphatic heterocycles. The van der Waals surface area contributed by atoms with Gasteiger partial charge in [-0.05, 0) is 44.4 Å². The van der Waals surface area contributed by atoms with Crippen LogP contribution in [0.4, 0.5) is 0 Å². The molecule has 1 N–H and O–H groups in total. The third-order valence-electron chi connectivity index (χ3n) is 4.94. The zero-order valence-corrected chi connectivity index (χ0v) is 14.6. The van der Waals surface area contributed by atoms with Gasteiger partial charge in [0.2, 0.25) is 0 Å². The third kappa shape index (κ3) is 3.37. The van der Waals surface area contributed by atoms with Crippen LogP contribution in [-0.4, -0.2) is 27.9 Å². The molecule has 0 radical (unpaired) electrons. The Balaban J connectivity index is 1.29. The molecule has 1 aromatic carbocycles. The number of nitrogens with zero attached hydrogens (tertiary/aromatic N) is 3. The minimum Gasteiger partial charge on any atom is -0.491 e. The summed E-state index contributed by atoms with van der Waals surface area (Å²) in [6.45, 7) is 1.63. The van der Waals surface area contributed by atoms with Gasteiger partial charge in [0.1, 0.15) is 11.3 Å². The van der Waals surface area contributed by atoms with Gasteiger partial charge in [-0.25, -0.2) is 0 Å². The Morgan fingerprint density at radius 3 is 3.16 bits per heavy atom. The Labute approximate surface area is 148 Å². The average molecular weight is 336 g/mol. The molecule has 5 heteroatoms. The topological polar surface area (TPSA) is 52.0 Å². The number of nitrogens with one attached hydrogen (secondary N) is 1. The highest BCUT2D eigenvalue weighted by atomic mass is 16.5. The maximum Gasteiger partial charge on any atom is 0.145 e. The summed E-state index contributed by atoms with van der Waals surface area (Å²) in [5.41, 5.74) is 3.68. The lowest BCUT2D eigenvalue weighted by Gasteiger charge is -2.24. The van der Waals surface area contributed by atoms with E-state index in [1.807, 2.05) is 42.3 Å². The van der Waals surface area contributed by atoms with Crippen molar-refractivity contribution in [3.63, 3.8) is 0 Å². The molecule has 1 aliphatic carbocycles. The molecule has 130 valence electrons. The predicted octanol–water partition coefficient (Wildman–Crippen LogP) is 3.40. The summed E-state index contributed by atoms with van der Waals surface area (Å²) in [6, 6.07) is 10.5. The highest BCUT2D eigenvalue weighted by Crippen LogP contribution is 2.29. The van der Waals surface area contributed by atoms with Gasteiger partial charge in [-0.1, -0.05) is 18.2 Å². The summed E-state index contributed by atoms with van der Waals surface area (Å²) in [4.78, 5) is 4.43. The molecule has 2 heterocycles. The van der Waals surface area contributed by atoms with Gasteiger partial charge in [0.05, 0.1) is 12.8 Å². The van der Waals surface area contributed by atoms with Crippen LogP contribution in [0.2, 0.25) is 0 Å². The maximum absolute atomic E-state index is 5.96. The Bertz CT molecular complexity index is 853. The van der Waals surface area contributed by atoms with Gasteiger partial charge in [-0.15, -0.1) is 0 Å². The molecule has 0 fully saturated rings. The number of benzene rings is 1. The summed E-state index contributed by atoms with van der Waals surface area (Å²) < 4.78 is 7.98. The van der Waals surface area contributed by atoms with Crippen molar-refractivity contribution in [1.29, 1.82) is 0 Å². The SMILES string of the molecule is Cn1ncc2c1CCC[C@@H]2NCCCOc1cccc2cccnc12. The zero-order chi connectivity index (χ0) is 17.1. The summed E-state index contributed by atoms with van der Waals surface area (Å²) in [6.07, 6.45) is 8.35. The quantitative estimate of drug-likeness (QED) is 0.701. The molecule has 1 atom stereocenters. The van der Waals surface area contributed by atoms with Crippen LogP contribution in [0.3, 0.4) is 0 Å². The van der Waals surface area contributed by atoms with Crippen LogP contribution in [0.15, 0.2) is 42.7 Å². The van der Waals surface area contributed by atoms with E-state index in [0.29, 0.717) is 12.6 Å². The molecular formula is C20H24N4O. The second-order valence-corrected chi connectivity index (χ2v) is 6.60. The van der Waals surface area contributed by atoms with Crippen LogP contribution in [0.25, 0.3) is 10.9 Å². The second kappa shape index (κ2) is 7.23. The highest BCUT2D eigenvalue weighted by Gasteiger charge is 2.22. The zero-order valence-electron chi connectivity index (χ0n) is 14.6. The normalized spacial score (nSPS) is 16.8. The number of pyridine rings is 1. The minimum atomic E-state index is 0.427. The summed E-state index contributed by atoms with van der Waals surface area (Å²) in [5, 5.41) is 9.19. The summed E-state index contributed by atoms with van der Waals surface area (Å²) in [5.74, 6) is 0.866. The van der Waals surface area contributed by atoms with Gasteiger partial charge >= 0.3 is 0 Å². The van der Waals surface area contributed by atoms with Crippen LogP contribution in [0.1, 0.15) is 36.6 Å². The molecule has 0 amide bonds. The van der Waals surface area contributed by atoms with E-state index in [1.165, 1.54) is 24.1 Å². The standard InChI is InChI=1S/C20H24N4O/c1-24-18-9-3-8-17(16(18)14-23-24)21-12-5-13-25-19-10-2-6-15-7-4-11-22-20(15)19/h2,4,6-7,10-11,14,17,21H,3,5,8-9,12-13H2,1H3/t17-/m0/s1. The Morgan fingerprint density at radius 1 is 1.28 bits per heavy atom. The highest BCUT2D eigenvalue weighted by molar-refractivity contribution is 5.84. The van der Waals surface area contributed by atoms with Crippen molar-refractivity contribution in [2.45, 2.75) is 31.7 Å². The van der Waals surface area contributed by atoms with Crippen LogP contribution >= 0.6 is 0 Å². The van der Waals surface area contributed by atoms with E-state index < -0.39 is 0 Å². The van der Waals surface area contributed by atoms with Gasteiger partial charge in [0.15, 0.2) is 0 Å². The Morgan fingerprint density at radius 2 is 2.20 bits per heavy atom. The van der Waals surface area contributed by atoms with Crippen molar-refractivity contribution in [2.75, 3.05) is 13.2 Å². The fraction of sp³-hybridized carbons (Fsp3) is 0.400. The number of aromatic nitrogens is 3. The molecule has 0 unspecified atom stereocenters. The number of fused-ring (bicyclic) bond motifs is 2. The van der Waals surface area contributed by atoms with Gasteiger partial charge in [0.25, 0.3) is 0 Å².